The summed E-state index contributed by atoms with van der Waals surface area (Å²) in [7, 11) is 0. The van der Waals surface area contributed by atoms with Crippen molar-refractivity contribution in [2.75, 3.05) is 17.2 Å². The second-order valence-corrected chi connectivity index (χ2v) is 7.29. The minimum atomic E-state index is -0.306. The van der Waals surface area contributed by atoms with E-state index in [0.29, 0.717) is 22.7 Å². The zero-order valence-corrected chi connectivity index (χ0v) is 15.2. The maximum Gasteiger partial charge on any atom is 0.262 e. The predicted molar refractivity (Wildman–Crippen MR) is 101 cm³/mol. The number of hydrogen-bond donors (Lipinski definition) is 2. The highest BCUT2D eigenvalue weighted by atomic mass is 32.2. The molecule has 2 aromatic rings. The highest BCUT2D eigenvalue weighted by Gasteiger charge is 2.21. The highest BCUT2D eigenvalue weighted by molar-refractivity contribution is 8.00. The number of amides is 2. The molecule has 1 aliphatic heterocycles. The SMILES string of the molecule is CC(=O)Nc1ccc(S[C@H](C)C(=O)c2ccc3c(c2)NC(=O)CO3)cc1. The van der Waals surface area contributed by atoms with E-state index in [9.17, 15) is 14.4 Å². The van der Waals surface area contributed by atoms with E-state index in [1.54, 1.807) is 30.3 Å². The summed E-state index contributed by atoms with van der Waals surface area (Å²) in [6.07, 6.45) is 0. The van der Waals surface area contributed by atoms with Gasteiger partial charge in [-0.1, -0.05) is 0 Å². The van der Waals surface area contributed by atoms with E-state index in [-0.39, 0.29) is 29.5 Å². The van der Waals surface area contributed by atoms with Gasteiger partial charge >= 0.3 is 0 Å². The normalized spacial score (nSPS) is 13.8. The monoisotopic (exact) mass is 370 g/mol. The van der Waals surface area contributed by atoms with Crippen molar-refractivity contribution < 1.29 is 19.1 Å². The van der Waals surface area contributed by atoms with Crippen molar-refractivity contribution in [1.29, 1.82) is 0 Å². The molecule has 1 aliphatic rings. The number of hydrogen-bond acceptors (Lipinski definition) is 5. The average molecular weight is 370 g/mol. The second-order valence-electron chi connectivity index (χ2n) is 5.88. The van der Waals surface area contributed by atoms with Gasteiger partial charge in [0, 0.05) is 23.1 Å². The number of fused-ring (bicyclic) bond motifs is 1. The third-order valence-corrected chi connectivity index (χ3v) is 4.87. The molecule has 0 spiro atoms. The fourth-order valence-electron chi connectivity index (χ4n) is 2.55. The summed E-state index contributed by atoms with van der Waals surface area (Å²) >= 11 is 1.43. The molecule has 0 aliphatic carbocycles. The standard InChI is InChI=1S/C19H18N2O4S/c1-11(26-15-6-4-14(5-7-15)20-12(2)22)19(24)13-3-8-17-16(9-13)21-18(23)10-25-17/h3-9,11H,10H2,1-2H3,(H,20,22)(H,21,23)/t11-/m1/s1. The molecule has 1 atom stereocenters. The van der Waals surface area contributed by atoms with Crippen LogP contribution in [0.1, 0.15) is 24.2 Å². The van der Waals surface area contributed by atoms with Crippen molar-refractivity contribution in [3.63, 3.8) is 0 Å². The zero-order valence-electron chi connectivity index (χ0n) is 14.4. The number of benzene rings is 2. The summed E-state index contributed by atoms with van der Waals surface area (Å²) < 4.78 is 5.31. The van der Waals surface area contributed by atoms with Crippen molar-refractivity contribution in [2.24, 2.45) is 0 Å². The molecule has 2 N–H and O–H groups in total. The van der Waals surface area contributed by atoms with Crippen LogP contribution in [0.5, 0.6) is 5.75 Å². The Hall–Kier alpha value is -2.80. The lowest BCUT2D eigenvalue weighted by molar-refractivity contribution is -0.118. The van der Waals surface area contributed by atoms with Crippen molar-refractivity contribution >= 4 is 40.7 Å². The Labute approximate surface area is 155 Å². The molecule has 0 saturated carbocycles. The fraction of sp³-hybridized carbons (Fsp3) is 0.211. The number of anilines is 2. The quantitative estimate of drug-likeness (QED) is 0.623. The first-order valence-electron chi connectivity index (χ1n) is 8.07. The van der Waals surface area contributed by atoms with E-state index in [0.717, 1.165) is 4.90 Å². The number of rotatable bonds is 5. The first kappa shape index (κ1) is 18.0. The van der Waals surface area contributed by atoms with Crippen LogP contribution in [0.2, 0.25) is 0 Å². The summed E-state index contributed by atoms with van der Waals surface area (Å²) in [5, 5.41) is 5.11. The fourth-order valence-corrected chi connectivity index (χ4v) is 3.49. The molecule has 1 heterocycles. The van der Waals surface area contributed by atoms with Gasteiger partial charge < -0.3 is 15.4 Å². The topological polar surface area (TPSA) is 84.5 Å². The van der Waals surface area contributed by atoms with Gasteiger partial charge in [-0.25, -0.2) is 0 Å². The molecule has 7 heteroatoms. The van der Waals surface area contributed by atoms with Gasteiger partial charge in [0.05, 0.1) is 10.9 Å². The maximum atomic E-state index is 12.7. The van der Waals surface area contributed by atoms with Crippen LogP contribution < -0.4 is 15.4 Å². The Kier molecular flexibility index (Phi) is 5.27. The lowest BCUT2D eigenvalue weighted by Crippen LogP contribution is -2.25. The Balaban J connectivity index is 1.69. The molecule has 2 amide bonds. The molecular weight excluding hydrogens is 352 g/mol. The summed E-state index contributed by atoms with van der Waals surface area (Å²) in [5.41, 5.74) is 1.75. The lowest BCUT2D eigenvalue weighted by atomic mass is 10.1. The van der Waals surface area contributed by atoms with E-state index >= 15 is 0 Å². The second kappa shape index (κ2) is 7.61. The summed E-state index contributed by atoms with van der Waals surface area (Å²) in [6.45, 7) is 3.28. The minimum absolute atomic E-state index is 0.0129. The average Bonchev–Trinajstić information content (AvgIpc) is 2.61. The number of carbonyl (C=O) groups excluding carboxylic acids is 3. The van der Waals surface area contributed by atoms with Crippen LogP contribution in [0.3, 0.4) is 0 Å². The van der Waals surface area contributed by atoms with Gasteiger partial charge in [0.25, 0.3) is 5.91 Å². The van der Waals surface area contributed by atoms with E-state index in [4.69, 9.17) is 4.74 Å². The van der Waals surface area contributed by atoms with E-state index < -0.39 is 0 Å². The van der Waals surface area contributed by atoms with E-state index in [1.165, 1.54) is 18.7 Å². The van der Waals surface area contributed by atoms with E-state index in [1.807, 2.05) is 19.1 Å². The predicted octanol–water partition coefficient (Wildman–Crippen LogP) is 3.34. The first-order chi connectivity index (χ1) is 12.4. The molecule has 26 heavy (non-hydrogen) atoms. The molecule has 0 fully saturated rings. The lowest BCUT2D eigenvalue weighted by Gasteiger charge is -2.19. The minimum Gasteiger partial charge on any atom is -0.482 e. The van der Waals surface area contributed by atoms with Crippen LogP contribution in [0.25, 0.3) is 0 Å². The van der Waals surface area contributed by atoms with Crippen molar-refractivity contribution in [2.45, 2.75) is 24.0 Å². The van der Waals surface area contributed by atoms with E-state index in [2.05, 4.69) is 10.6 Å². The smallest absolute Gasteiger partial charge is 0.262 e. The highest BCUT2D eigenvalue weighted by Crippen LogP contribution is 2.31. The van der Waals surface area contributed by atoms with Gasteiger partial charge in [-0.05, 0) is 49.4 Å². The van der Waals surface area contributed by atoms with Gasteiger partial charge in [0.1, 0.15) is 5.75 Å². The van der Waals surface area contributed by atoms with Crippen molar-refractivity contribution in [3.8, 4) is 5.75 Å². The molecule has 2 aromatic carbocycles. The summed E-state index contributed by atoms with van der Waals surface area (Å²) in [4.78, 5) is 36.1. The third kappa shape index (κ3) is 4.23. The summed E-state index contributed by atoms with van der Waals surface area (Å²) in [5.74, 6) is 0.166. The molecular formula is C19H18N2O4S. The Morgan fingerprint density at radius 2 is 1.92 bits per heavy atom. The van der Waals surface area contributed by atoms with Gasteiger partial charge in [-0.3, -0.25) is 14.4 Å². The van der Waals surface area contributed by atoms with Gasteiger partial charge in [-0.2, -0.15) is 0 Å². The molecule has 134 valence electrons. The molecule has 0 radical (unpaired) electrons. The Morgan fingerprint density at radius 3 is 2.62 bits per heavy atom. The summed E-state index contributed by atoms with van der Waals surface area (Å²) in [6, 6.07) is 12.4. The number of nitrogens with one attached hydrogen (secondary N) is 2. The maximum absolute atomic E-state index is 12.7. The van der Waals surface area contributed by atoms with Gasteiger partial charge in [-0.15, -0.1) is 11.8 Å². The van der Waals surface area contributed by atoms with Gasteiger partial charge in [0.2, 0.25) is 5.91 Å². The van der Waals surface area contributed by atoms with Crippen LogP contribution in [-0.2, 0) is 9.59 Å². The molecule has 0 bridgehead atoms. The van der Waals surface area contributed by atoms with Crippen LogP contribution in [0.15, 0.2) is 47.4 Å². The number of Topliss-reactive ketones (excluding diaryl/α,β-unsaturated/α-hetero) is 1. The van der Waals surface area contributed by atoms with Crippen molar-refractivity contribution in [1.82, 2.24) is 0 Å². The number of thioether (sulfide) groups is 1. The molecule has 6 nitrogen and oxygen atoms in total. The van der Waals surface area contributed by atoms with Gasteiger partial charge in [0.15, 0.2) is 12.4 Å². The number of carbonyl (C=O) groups is 3. The Bertz CT molecular complexity index is 864. The molecule has 3 rings (SSSR count). The van der Waals surface area contributed by atoms with Crippen molar-refractivity contribution in [3.05, 3.63) is 48.0 Å². The molecule has 0 unspecified atom stereocenters. The molecule has 0 saturated heterocycles. The molecule has 0 aromatic heterocycles. The van der Waals surface area contributed by atoms with Crippen LogP contribution in [0, 0.1) is 0 Å². The number of ketones is 1. The Morgan fingerprint density at radius 1 is 1.19 bits per heavy atom. The largest absolute Gasteiger partial charge is 0.482 e. The third-order valence-electron chi connectivity index (χ3n) is 3.75. The van der Waals surface area contributed by atoms with Crippen LogP contribution >= 0.6 is 11.8 Å². The van der Waals surface area contributed by atoms with Crippen LogP contribution in [-0.4, -0.2) is 29.5 Å². The zero-order chi connectivity index (χ0) is 18.7. The first-order valence-corrected chi connectivity index (χ1v) is 8.95. The number of ether oxygens (including phenoxy) is 1. The van der Waals surface area contributed by atoms with Crippen LogP contribution in [0.4, 0.5) is 11.4 Å².